The van der Waals surface area contributed by atoms with Crippen molar-refractivity contribution >= 4 is 40.7 Å². The number of pyridine rings is 2. The number of nitrogens with zero attached hydrogens (tertiary/aromatic N) is 3. The van der Waals surface area contributed by atoms with Gasteiger partial charge in [-0.2, -0.15) is 0 Å². The van der Waals surface area contributed by atoms with E-state index in [1.807, 2.05) is 48.5 Å². The lowest BCUT2D eigenvalue weighted by Crippen LogP contribution is -2.36. The first-order valence-corrected chi connectivity index (χ1v) is 17.3. The highest BCUT2D eigenvalue weighted by Crippen LogP contribution is 2.42. The largest absolute Gasteiger partial charge is 0.481 e. The Morgan fingerprint density at radius 2 is 1.67 bits per heavy atom. The van der Waals surface area contributed by atoms with Gasteiger partial charge in [-0.15, -0.1) is 0 Å². The number of nitrogens with one attached hydrogen (secondary N) is 3. The lowest BCUT2D eigenvalue weighted by atomic mass is 9.94. The monoisotopic (exact) mass is 728 g/mol. The summed E-state index contributed by atoms with van der Waals surface area (Å²) in [5.41, 5.74) is 4.84. The summed E-state index contributed by atoms with van der Waals surface area (Å²) in [4.78, 5) is 45.4. The summed E-state index contributed by atoms with van der Waals surface area (Å²) in [7, 11) is 1.58. The molecule has 3 aromatic heterocycles. The lowest BCUT2D eigenvalue weighted by molar-refractivity contribution is -0.146. The Labute approximate surface area is 305 Å². The molecule has 2 aromatic carbocycles. The maximum absolute atomic E-state index is 13.2. The van der Waals surface area contributed by atoms with E-state index in [2.05, 4.69) is 20.9 Å². The fourth-order valence-corrected chi connectivity index (χ4v) is 6.69. The number of carboxylic acids is 1. The van der Waals surface area contributed by atoms with Gasteiger partial charge in [-0.05, 0) is 44.0 Å². The van der Waals surface area contributed by atoms with Crippen LogP contribution in [0, 0.1) is 5.41 Å². The van der Waals surface area contributed by atoms with Gasteiger partial charge in [0, 0.05) is 84.4 Å². The maximum atomic E-state index is 13.2. The van der Waals surface area contributed by atoms with Gasteiger partial charge in [0.2, 0.25) is 11.8 Å². The Kier molecular flexibility index (Phi) is 10.7. The second-order valence-electron chi connectivity index (χ2n) is 13.2. The zero-order chi connectivity index (χ0) is 36.3. The minimum Gasteiger partial charge on any atom is -0.481 e. The lowest BCUT2D eigenvalue weighted by Gasteiger charge is -2.19. The first-order chi connectivity index (χ1) is 24.5. The van der Waals surface area contributed by atoms with Gasteiger partial charge in [0.15, 0.2) is 0 Å². The number of carbonyl (C=O) groups excluding carboxylic acids is 1. The van der Waals surface area contributed by atoms with E-state index in [1.54, 1.807) is 39.3 Å². The smallest absolute Gasteiger partial charge is 0.310 e. The molecule has 1 aliphatic rings. The predicted octanol–water partition coefficient (Wildman–Crippen LogP) is 5.97. The van der Waals surface area contributed by atoms with Crippen molar-refractivity contribution in [3.63, 3.8) is 0 Å². The molecular weight excluding hydrogens is 691 g/mol. The highest BCUT2D eigenvalue weighted by molar-refractivity contribution is 6.39. The Morgan fingerprint density at radius 3 is 2.35 bits per heavy atom. The number of benzene rings is 2. The first-order valence-electron chi connectivity index (χ1n) is 16.5. The predicted molar refractivity (Wildman–Crippen MR) is 198 cm³/mol. The summed E-state index contributed by atoms with van der Waals surface area (Å²) >= 11 is 14.2. The Balaban J connectivity index is 1.23. The highest BCUT2D eigenvalue weighted by Gasteiger charge is 2.26. The van der Waals surface area contributed by atoms with Crippen LogP contribution in [0.3, 0.4) is 0 Å². The van der Waals surface area contributed by atoms with E-state index in [9.17, 15) is 19.5 Å². The van der Waals surface area contributed by atoms with Gasteiger partial charge < -0.3 is 25.8 Å². The fraction of sp³-hybridized carbons (Fsp3) is 0.289. The summed E-state index contributed by atoms with van der Waals surface area (Å²) in [5.74, 6) is -0.358. The van der Waals surface area contributed by atoms with E-state index in [4.69, 9.17) is 32.9 Å². The van der Waals surface area contributed by atoms with E-state index in [0.717, 1.165) is 34.2 Å². The minimum atomic E-state index is -0.972. The number of methoxy groups -OCH3 is 1. The van der Waals surface area contributed by atoms with E-state index in [0.29, 0.717) is 57.9 Å². The van der Waals surface area contributed by atoms with Crippen LogP contribution in [0.15, 0.2) is 77.9 Å². The van der Waals surface area contributed by atoms with Gasteiger partial charge in [0.05, 0.1) is 28.3 Å². The Hall–Kier alpha value is -4.81. The topological polar surface area (TPSA) is 147 Å². The van der Waals surface area contributed by atoms with Crippen LogP contribution in [-0.4, -0.2) is 57.6 Å². The van der Waals surface area contributed by atoms with Gasteiger partial charge in [0.25, 0.3) is 5.56 Å². The summed E-state index contributed by atoms with van der Waals surface area (Å²) < 4.78 is 7.09. The fourth-order valence-electron chi connectivity index (χ4n) is 6.03. The van der Waals surface area contributed by atoms with Crippen molar-refractivity contribution in [2.24, 2.45) is 5.41 Å². The molecule has 1 atom stereocenters. The van der Waals surface area contributed by atoms with Crippen molar-refractivity contribution in [1.29, 1.82) is 0 Å². The number of fused-ring (bicyclic) bond motifs is 1. The van der Waals surface area contributed by atoms with Crippen molar-refractivity contribution in [1.82, 2.24) is 30.3 Å². The van der Waals surface area contributed by atoms with Crippen molar-refractivity contribution in [2.75, 3.05) is 20.2 Å². The quantitative estimate of drug-likeness (QED) is 0.115. The van der Waals surface area contributed by atoms with E-state index in [1.165, 1.54) is 10.6 Å². The molecular formula is C38H38Cl2N6O5. The molecule has 11 nitrogen and oxygen atoms in total. The van der Waals surface area contributed by atoms with Crippen LogP contribution in [0.1, 0.15) is 37.8 Å². The number of halogens is 2. The van der Waals surface area contributed by atoms with Gasteiger partial charge in [0.1, 0.15) is 5.65 Å². The molecule has 0 bridgehead atoms. The number of aromatic nitrogens is 3. The Bertz CT molecular complexity index is 2190. The van der Waals surface area contributed by atoms with E-state index < -0.39 is 11.4 Å². The highest BCUT2D eigenvalue weighted by atomic mass is 35.5. The number of aliphatic carboxylic acids is 1. The van der Waals surface area contributed by atoms with E-state index in [-0.39, 0.29) is 30.6 Å². The first kappa shape index (κ1) is 36.0. The second kappa shape index (κ2) is 15.2. The summed E-state index contributed by atoms with van der Waals surface area (Å²) in [6, 6.07) is 19.0. The molecule has 4 heterocycles. The van der Waals surface area contributed by atoms with Crippen molar-refractivity contribution in [3.8, 4) is 39.4 Å². The molecule has 5 aromatic rings. The second-order valence-corrected chi connectivity index (χ2v) is 13.9. The van der Waals surface area contributed by atoms with Crippen LogP contribution in [0.25, 0.3) is 39.2 Å². The number of carboxylic acid groups (broad SMARTS) is 1. The van der Waals surface area contributed by atoms with Crippen molar-refractivity contribution in [2.45, 2.75) is 45.8 Å². The molecule has 1 fully saturated rings. The van der Waals surface area contributed by atoms with Crippen LogP contribution in [-0.2, 0) is 22.7 Å². The molecule has 0 aliphatic carbocycles. The van der Waals surface area contributed by atoms with Crippen molar-refractivity contribution < 1.29 is 19.4 Å². The number of carbonyl (C=O) groups is 2. The SMILES string of the molecule is COc1nc(-c2cccc(-c3cccc(-c4ccn5c(=O)c(CNCC(C)(C)C(=O)O)cnc5c4)c3Cl)c2Cl)ccc1CNC[C@H]1CCC(=O)N1. The van der Waals surface area contributed by atoms with Crippen molar-refractivity contribution in [3.05, 3.63) is 105 Å². The average molecular weight is 730 g/mol. The van der Waals surface area contributed by atoms with Gasteiger partial charge in [-0.1, -0.05) is 65.7 Å². The molecule has 0 unspecified atom stereocenters. The maximum Gasteiger partial charge on any atom is 0.310 e. The summed E-state index contributed by atoms with van der Waals surface area (Å²) in [6.07, 6.45) is 4.55. The number of hydrogen-bond donors (Lipinski definition) is 4. The average Bonchev–Trinajstić information content (AvgIpc) is 3.54. The number of amides is 1. The molecule has 0 spiro atoms. The molecule has 1 aliphatic heterocycles. The molecule has 1 saturated heterocycles. The standard InChI is InChI=1S/C38H38Cl2N6O5/c1-38(2,37(49)50)21-42-18-24-19-43-31-16-22(14-15-46(31)36(24)48)26-6-4-7-27(33(26)39)28-8-5-9-29(34(28)40)30-12-10-23(35(45-30)51-3)17-41-20-25-11-13-32(47)44-25/h4-10,12,14-16,19,25,41-42H,11,13,17-18,20-21H2,1-3H3,(H,44,47)(H,49,50)/t25-/m1/s1. The molecule has 51 heavy (non-hydrogen) atoms. The molecule has 1 amide bonds. The van der Waals surface area contributed by atoms with E-state index >= 15 is 0 Å². The van der Waals surface area contributed by atoms with Crippen LogP contribution in [0.5, 0.6) is 5.88 Å². The molecule has 6 rings (SSSR count). The summed E-state index contributed by atoms with van der Waals surface area (Å²) in [6.45, 7) is 4.82. The normalized spacial score (nSPS) is 14.5. The zero-order valence-corrected chi connectivity index (χ0v) is 29.9. The third-order valence-corrected chi connectivity index (χ3v) is 9.85. The molecule has 264 valence electrons. The zero-order valence-electron chi connectivity index (χ0n) is 28.4. The van der Waals surface area contributed by atoms with Crippen LogP contribution < -0.4 is 26.2 Å². The molecule has 4 N–H and O–H groups in total. The third kappa shape index (κ3) is 7.77. The summed E-state index contributed by atoms with van der Waals surface area (Å²) in [5, 5.41) is 19.7. The van der Waals surface area contributed by atoms with Crippen LogP contribution >= 0.6 is 23.2 Å². The van der Waals surface area contributed by atoms with Crippen LogP contribution in [0.4, 0.5) is 0 Å². The number of rotatable bonds is 13. The van der Waals surface area contributed by atoms with Crippen LogP contribution in [0.2, 0.25) is 10.0 Å². The van der Waals surface area contributed by atoms with Gasteiger partial charge >= 0.3 is 5.97 Å². The van der Waals surface area contributed by atoms with Gasteiger partial charge in [-0.25, -0.2) is 9.97 Å². The number of ether oxygens (including phenoxy) is 1. The Morgan fingerprint density at radius 1 is 0.980 bits per heavy atom. The molecule has 0 saturated carbocycles. The minimum absolute atomic E-state index is 0.0858. The molecule has 13 heteroatoms. The third-order valence-electron chi connectivity index (χ3n) is 9.04. The number of hydrogen-bond acceptors (Lipinski definition) is 8. The molecule has 0 radical (unpaired) electrons. The van der Waals surface area contributed by atoms with Gasteiger partial charge in [-0.3, -0.25) is 18.8 Å².